The third kappa shape index (κ3) is 4.56. The highest BCUT2D eigenvalue weighted by Crippen LogP contribution is 2.37. The normalized spacial score (nSPS) is 12.4. The topological polar surface area (TPSA) is 57.4 Å². The van der Waals surface area contributed by atoms with Crippen molar-refractivity contribution < 1.29 is 0 Å². The fourth-order valence-corrected chi connectivity index (χ4v) is 7.34. The van der Waals surface area contributed by atoms with Crippen LogP contribution in [-0.2, 0) is 0 Å². The largest absolute Gasteiger partial charge is 0.354 e. The molecule has 0 amide bonds. The van der Waals surface area contributed by atoms with Crippen LogP contribution in [0.4, 0.5) is 0 Å². The summed E-state index contributed by atoms with van der Waals surface area (Å²) in [4.78, 5) is 17.7. The molecule has 2 N–H and O–H groups in total. The number of aromatic nitrogens is 4. The maximum absolute atomic E-state index is 5.17. The Morgan fingerprint density at radius 3 is 1.24 bits per heavy atom. The molecule has 0 atom stereocenters. The van der Waals surface area contributed by atoms with Crippen molar-refractivity contribution in [3.05, 3.63) is 141 Å². The van der Waals surface area contributed by atoms with Gasteiger partial charge in [-0.05, 0) is 125 Å². The van der Waals surface area contributed by atoms with Gasteiger partial charge in [-0.15, -0.1) is 0 Å². The van der Waals surface area contributed by atoms with Crippen molar-refractivity contribution in [3.63, 3.8) is 0 Å². The summed E-state index contributed by atoms with van der Waals surface area (Å²) in [5.41, 5.74) is 11.6. The summed E-state index contributed by atoms with van der Waals surface area (Å²) in [6, 6.07) is 38.5. The van der Waals surface area contributed by atoms with Gasteiger partial charge in [0, 0.05) is 22.2 Å². The van der Waals surface area contributed by atoms with Gasteiger partial charge in [0.15, 0.2) is 0 Å². The Bertz CT molecular complexity index is 2440. The van der Waals surface area contributed by atoms with Crippen molar-refractivity contribution in [2.45, 2.75) is 0 Å². The van der Waals surface area contributed by atoms with Crippen molar-refractivity contribution in [1.82, 2.24) is 19.9 Å². The molecule has 46 heavy (non-hydrogen) atoms. The standard InChI is InChI=1S/C40H24Br2N4/c41-39-33-17-13-29(43-33)37(27-11-9-23-5-1-3-7-25(23)21-27)30-14-18-34(44-30)40(42)36-20-16-32(46-36)38(31-15-19-35(39)45-31)28-12-10-24-6-2-4-8-26(24)22-28/h1-22,43,46H. The van der Waals surface area contributed by atoms with Gasteiger partial charge in [0.05, 0.1) is 42.8 Å². The van der Waals surface area contributed by atoms with Crippen molar-refractivity contribution in [2.24, 2.45) is 0 Å². The van der Waals surface area contributed by atoms with Gasteiger partial charge in [0.2, 0.25) is 0 Å². The Balaban J connectivity index is 1.37. The summed E-state index contributed by atoms with van der Waals surface area (Å²) >= 11 is 7.79. The summed E-state index contributed by atoms with van der Waals surface area (Å²) < 4.78 is 1.79. The Morgan fingerprint density at radius 1 is 0.391 bits per heavy atom. The summed E-state index contributed by atoms with van der Waals surface area (Å²) in [6.07, 6.45) is 8.34. The van der Waals surface area contributed by atoms with Crippen molar-refractivity contribution in [2.75, 3.05) is 0 Å². The number of rotatable bonds is 2. The smallest absolute Gasteiger partial charge is 0.0801 e. The quantitative estimate of drug-likeness (QED) is 0.187. The van der Waals surface area contributed by atoms with Crippen LogP contribution in [-0.4, -0.2) is 19.9 Å². The summed E-state index contributed by atoms with van der Waals surface area (Å²) in [6.45, 7) is 0. The second-order valence-electron chi connectivity index (χ2n) is 11.5. The third-order valence-electron chi connectivity index (χ3n) is 8.70. The maximum Gasteiger partial charge on any atom is 0.0801 e. The molecule has 218 valence electrons. The first-order valence-corrected chi connectivity index (χ1v) is 16.6. The minimum absolute atomic E-state index is 0.856. The van der Waals surface area contributed by atoms with Crippen molar-refractivity contribution in [3.8, 4) is 22.3 Å². The average Bonchev–Trinajstić information content (AvgIpc) is 3.92. The van der Waals surface area contributed by atoms with E-state index in [-0.39, 0.29) is 0 Å². The second kappa shape index (κ2) is 10.8. The van der Waals surface area contributed by atoms with E-state index in [0.717, 1.165) is 76.0 Å². The van der Waals surface area contributed by atoms with E-state index in [1.807, 2.05) is 0 Å². The molecular formula is C40H24Br2N4. The van der Waals surface area contributed by atoms with E-state index in [9.17, 15) is 0 Å². The number of aromatic amines is 2. The molecule has 4 nitrogen and oxygen atoms in total. The lowest BCUT2D eigenvalue weighted by Gasteiger charge is -2.07. The molecule has 0 radical (unpaired) electrons. The molecular weight excluding hydrogens is 696 g/mol. The predicted octanol–water partition coefficient (Wildman–Crippen LogP) is 11.8. The number of hydrogen-bond donors (Lipinski definition) is 2. The van der Waals surface area contributed by atoms with Gasteiger partial charge in [0.25, 0.3) is 0 Å². The van der Waals surface area contributed by atoms with E-state index in [2.05, 4.69) is 175 Å². The first-order valence-electron chi connectivity index (χ1n) is 15.0. The van der Waals surface area contributed by atoms with Crippen LogP contribution in [0.1, 0.15) is 22.8 Å². The van der Waals surface area contributed by atoms with Gasteiger partial charge in [-0.25, -0.2) is 9.97 Å². The monoisotopic (exact) mass is 718 g/mol. The van der Waals surface area contributed by atoms with Crippen LogP contribution in [0.2, 0.25) is 0 Å². The van der Waals surface area contributed by atoms with Gasteiger partial charge in [-0.2, -0.15) is 0 Å². The van der Waals surface area contributed by atoms with Gasteiger partial charge in [-0.3, -0.25) is 0 Å². The SMILES string of the molecule is Brc1c2nc(c(-c3ccc4ccccc4c3)c3ccc([nH]3)c(Br)c3nc(c(-c4ccc5ccccc5c4)c4ccc1[nH]4)C=C3)C=C2. The van der Waals surface area contributed by atoms with Crippen LogP contribution >= 0.6 is 31.9 Å². The highest BCUT2D eigenvalue weighted by Gasteiger charge is 2.17. The fourth-order valence-electron chi connectivity index (χ4n) is 6.43. The molecule has 2 aliphatic heterocycles. The maximum atomic E-state index is 5.17. The van der Waals surface area contributed by atoms with Crippen LogP contribution in [0.5, 0.6) is 0 Å². The lowest BCUT2D eigenvalue weighted by atomic mass is 10.00. The van der Waals surface area contributed by atoms with Crippen molar-refractivity contribution in [1.29, 1.82) is 0 Å². The lowest BCUT2D eigenvalue weighted by molar-refractivity contribution is 1.30. The number of benzene rings is 4. The van der Waals surface area contributed by atoms with E-state index < -0.39 is 0 Å². The molecule has 8 bridgehead atoms. The van der Waals surface area contributed by atoms with Gasteiger partial charge in [0.1, 0.15) is 0 Å². The van der Waals surface area contributed by atoms with E-state index in [4.69, 9.17) is 9.97 Å². The van der Waals surface area contributed by atoms with Crippen LogP contribution < -0.4 is 0 Å². The summed E-state index contributed by atoms with van der Waals surface area (Å²) in [5, 5.41) is 4.78. The number of hydrogen-bond acceptors (Lipinski definition) is 2. The zero-order chi connectivity index (χ0) is 30.8. The van der Waals surface area contributed by atoms with E-state index in [1.54, 1.807) is 0 Å². The Labute approximate surface area is 281 Å². The number of nitrogens with one attached hydrogen (secondary N) is 2. The van der Waals surface area contributed by atoms with Crippen molar-refractivity contribution >= 4 is 99.8 Å². The summed E-state index contributed by atoms with van der Waals surface area (Å²) in [5.74, 6) is 0. The molecule has 0 aliphatic carbocycles. The summed E-state index contributed by atoms with van der Waals surface area (Å²) in [7, 11) is 0. The number of nitrogens with zero attached hydrogens (tertiary/aromatic N) is 2. The molecule has 0 spiro atoms. The van der Waals surface area contributed by atoms with E-state index in [0.29, 0.717) is 0 Å². The first-order chi connectivity index (χ1) is 22.6. The molecule has 0 fully saturated rings. The second-order valence-corrected chi connectivity index (χ2v) is 13.1. The Hall–Kier alpha value is -5.04. The lowest BCUT2D eigenvalue weighted by Crippen LogP contribution is -1.87. The van der Waals surface area contributed by atoms with Crippen LogP contribution in [0.15, 0.2) is 118 Å². The van der Waals surface area contributed by atoms with Crippen LogP contribution in [0, 0.1) is 0 Å². The molecule has 2 aliphatic rings. The third-order valence-corrected chi connectivity index (χ3v) is 10.4. The molecule has 4 aromatic carbocycles. The Morgan fingerprint density at radius 2 is 0.783 bits per heavy atom. The number of halogens is 2. The molecule has 5 heterocycles. The molecule has 0 saturated carbocycles. The minimum Gasteiger partial charge on any atom is -0.354 e. The van der Waals surface area contributed by atoms with E-state index in [1.165, 1.54) is 21.5 Å². The first kappa shape index (κ1) is 27.3. The number of H-pyrrole nitrogens is 2. The average molecular weight is 720 g/mol. The van der Waals surface area contributed by atoms with E-state index >= 15 is 0 Å². The zero-order valence-electron chi connectivity index (χ0n) is 24.4. The predicted molar refractivity (Wildman–Crippen MR) is 200 cm³/mol. The number of fused-ring (bicyclic) bond motifs is 10. The van der Waals surface area contributed by atoms with Gasteiger partial charge < -0.3 is 9.97 Å². The van der Waals surface area contributed by atoms with Gasteiger partial charge >= 0.3 is 0 Å². The van der Waals surface area contributed by atoms with Crippen LogP contribution in [0.3, 0.4) is 0 Å². The highest BCUT2D eigenvalue weighted by molar-refractivity contribution is 9.11. The van der Waals surface area contributed by atoms with Gasteiger partial charge in [-0.1, -0.05) is 72.8 Å². The molecule has 0 unspecified atom stereocenters. The molecule has 7 aromatic rings. The van der Waals surface area contributed by atoms with Crippen LogP contribution in [0.25, 0.3) is 90.2 Å². The molecule has 0 saturated heterocycles. The molecule has 6 heteroatoms. The Kier molecular flexibility index (Phi) is 6.40. The molecule has 3 aromatic heterocycles. The fraction of sp³-hybridized carbons (Fsp3) is 0. The zero-order valence-corrected chi connectivity index (χ0v) is 27.5. The minimum atomic E-state index is 0.856. The highest BCUT2D eigenvalue weighted by atomic mass is 79.9. The molecule has 9 rings (SSSR count).